The Morgan fingerprint density at radius 1 is 1.25 bits per heavy atom. The van der Waals surface area contributed by atoms with Gasteiger partial charge in [-0.2, -0.15) is 0 Å². The summed E-state index contributed by atoms with van der Waals surface area (Å²) in [7, 11) is -3.83. The van der Waals surface area contributed by atoms with Crippen LogP contribution >= 0.6 is 11.6 Å². The summed E-state index contributed by atoms with van der Waals surface area (Å²) in [5.74, 6) is -0.118. The van der Waals surface area contributed by atoms with Crippen LogP contribution < -0.4 is 14.4 Å². The topological polar surface area (TPSA) is 119 Å². The first kappa shape index (κ1) is 21.5. The van der Waals surface area contributed by atoms with E-state index in [9.17, 15) is 23.3 Å². The van der Waals surface area contributed by atoms with Crippen LogP contribution in [0.1, 0.15) is 0 Å². The van der Waals surface area contributed by atoms with Crippen LogP contribution in [-0.4, -0.2) is 45.2 Å². The monoisotopic (exact) mass is 427 g/mol. The second-order valence-corrected chi connectivity index (χ2v) is 7.99. The van der Waals surface area contributed by atoms with Crippen molar-refractivity contribution in [2.45, 2.75) is 0 Å². The Hall–Kier alpha value is -2.85. The molecule has 28 heavy (non-hydrogen) atoms. The lowest BCUT2D eigenvalue weighted by Gasteiger charge is -2.21. The van der Waals surface area contributed by atoms with E-state index in [0.717, 1.165) is 16.6 Å². The number of hydrogen-bond acceptors (Lipinski definition) is 6. The number of rotatable bonds is 9. The van der Waals surface area contributed by atoms with Gasteiger partial charge in [0.25, 0.3) is 5.69 Å². The van der Waals surface area contributed by atoms with Crippen molar-refractivity contribution in [1.29, 1.82) is 0 Å². The van der Waals surface area contributed by atoms with Gasteiger partial charge in [-0.3, -0.25) is 19.2 Å². The molecule has 0 spiro atoms. The summed E-state index contributed by atoms with van der Waals surface area (Å²) >= 11 is 5.95. The number of ether oxygens (including phenoxy) is 1. The summed E-state index contributed by atoms with van der Waals surface area (Å²) < 4.78 is 30.3. The lowest BCUT2D eigenvalue weighted by atomic mass is 10.3. The van der Waals surface area contributed by atoms with Crippen LogP contribution in [-0.2, 0) is 14.8 Å². The maximum atomic E-state index is 12.1. The van der Waals surface area contributed by atoms with E-state index in [0.29, 0.717) is 10.8 Å². The highest BCUT2D eigenvalue weighted by atomic mass is 35.5. The molecule has 1 amide bonds. The Morgan fingerprint density at radius 2 is 1.96 bits per heavy atom. The lowest BCUT2D eigenvalue weighted by Crippen LogP contribution is -2.41. The predicted molar refractivity (Wildman–Crippen MR) is 105 cm³/mol. The summed E-state index contributed by atoms with van der Waals surface area (Å²) in [5, 5.41) is 13.9. The number of halogens is 1. The van der Waals surface area contributed by atoms with E-state index in [1.165, 1.54) is 18.2 Å². The minimum absolute atomic E-state index is 0.0270. The zero-order valence-electron chi connectivity index (χ0n) is 14.9. The number of anilines is 1. The summed E-state index contributed by atoms with van der Waals surface area (Å²) in [5.41, 5.74) is -0.251. The molecule has 0 saturated carbocycles. The Bertz CT molecular complexity index is 967. The number of nitro benzene ring substituents is 1. The third kappa shape index (κ3) is 6.10. The molecule has 0 bridgehead atoms. The standard InChI is InChI=1S/C17H18ClN3O6S/c1-28(25,26)20(13-5-4-6-14(11-13)21(23)24)12-17(22)19-9-10-27-16-8-3-2-7-15(16)18/h2-8,11H,9-10,12H2,1H3,(H,19,22). The van der Waals surface area contributed by atoms with Crippen LogP contribution in [0.4, 0.5) is 11.4 Å². The first-order chi connectivity index (χ1) is 13.2. The molecule has 0 aliphatic rings. The Kier molecular flexibility index (Phi) is 7.18. The molecule has 0 saturated heterocycles. The number of nitro groups is 1. The van der Waals surface area contributed by atoms with E-state index in [2.05, 4.69) is 5.32 Å². The van der Waals surface area contributed by atoms with Gasteiger partial charge < -0.3 is 10.1 Å². The third-order valence-electron chi connectivity index (χ3n) is 3.53. The number of hydrogen-bond donors (Lipinski definition) is 1. The van der Waals surface area contributed by atoms with Crippen LogP contribution in [0.25, 0.3) is 0 Å². The van der Waals surface area contributed by atoms with Gasteiger partial charge in [0, 0.05) is 12.1 Å². The maximum Gasteiger partial charge on any atom is 0.271 e. The summed E-state index contributed by atoms with van der Waals surface area (Å²) in [6.07, 6.45) is 0.916. The fourth-order valence-electron chi connectivity index (χ4n) is 2.26. The number of amides is 1. The molecule has 0 heterocycles. The van der Waals surface area contributed by atoms with Crippen molar-refractivity contribution in [2.75, 3.05) is 30.3 Å². The lowest BCUT2D eigenvalue weighted by molar-refractivity contribution is -0.384. The Balaban J connectivity index is 1.97. The molecule has 2 rings (SSSR count). The zero-order valence-corrected chi connectivity index (χ0v) is 16.4. The van der Waals surface area contributed by atoms with Crippen LogP contribution in [0.2, 0.25) is 5.02 Å². The third-order valence-corrected chi connectivity index (χ3v) is 4.99. The van der Waals surface area contributed by atoms with Crippen LogP contribution in [0.5, 0.6) is 5.75 Å². The molecule has 11 heteroatoms. The molecule has 0 aliphatic heterocycles. The highest BCUT2D eigenvalue weighted by Gasteiger charge is 2.22. The van der Waals surface area contributed by atoms with Crippen molar-refractivity contribution >= 4 is 38.9 Å². The molecular formula is C17H18ClN3O6S. The number of carbonyl (C=O) groups is 1. The van der Waals surface area contributed by atoms with Crippen molar-refractivity contribution < 1.29 is 22.9 Å². The molecule has 0 radical (unpaired) electrons. The number of benzene rings is 2. The summed E-state index contributed by atoms with van der Waals surface area (Å²) in [4.78, 5) is 22.4. The number of para-hydroxylation sites is 1. The number of nitrogens with one attached hydrogen (secondary N) is 1. The number of nitrogens with zero attached hydrogens (tertiary/aromatic N) is 2. The van der Waals surface area contributed by atoms with Crippen molar-refractivity contribution in [3.05, 3.63) is 63.7 Å². The molecule has 0 unspecified atom stereocenters. The van der Waals surface area contributed by atoms with E-state index < -0.39 is 27.4 Å². The molecule has 0 atom stereocenters. The molecule has 9 nitrogen and oxygen atoms in total. The molecule has 0 fully saturated rings. The predicted octanol–water partition coefficient (Wildman–Crippen LogP) is 2.21. The van der Waals surface area contributed by atoms with E-state index in [1.807, 2.05) is 0 Å². The van der Waals surface area contributed by atoms with Gasteiger partial charge in [-0.05, 0) is 18.2 Å². The number of carbonyl (C=O) groups excluding carboxylic acids is 1. The van der Waals surface area contributed by atoms with Crippen LogP contribution in [0.15, 0.2) is 48.5 Å². The normalized spacial score (nSPS) is 10.9. The molecule has 0 aliphatic carbocycles. The van der Waals surface area contributed by atoms with Crippen molar-refractivity contribution in [2.24, 2.45) is 0 Å². The molecule has 2 aromatic rings. The average molecular weight is 428 g/mol. The van der Waals surface area contributed by atoms with Gasteiger partial charge in [0.2, 0.25) is 15.9 Å². The van der Waals surface area contributed by atoms with Gasteiger partial charge in [-0.25, -0.2) is 8.42 Å². The highest BCUT2D eigenvalue weighted by molar-refractivity contribution is 7.92. The smallest absolute Gasteiger partial charge is 0.271 e. The van der Waals surface area contributed by atoms with Gasteiger partial charge in [0.1, 0.15) is 18.9 Å². The Morgan fingerprint density at radius 3 is 2.61 bits per heavy atom. The largest absolute Gasteiger partial charge is 0.490 e. The quantitative estimate of drug-likeness (QED) is 0.372. The summed E-state index contributed by atoms with van der Waals surface area (Å²) in [6, 6.07) is 11.9. The number of non-ortho nitro benzene ring substituents is 1. The maximum absolute atomic E-state index is 12.1. The number of sulfonamides is 1. The van der Waals surface area contributed by atoms with Gasteiger partial charge in [0.15, 0.2) is 0 Å². The highest BCUT2D eigenvalue weighted by Crippen LogP contribution is 2.23. The second-order valence-electron chi connectivity index (χ2n) is 5.68. The van der Waals surface area contributed by atoms with Gasteiger partial charge in [0.05, 0.1) is 28.4 Å². The van der Waals surface area contributed by atoms with Gasteiger partial charge in [-0.1, -0.05) is 29.8 Å². The van der Waals surface area contributed by atoms with E-state index >= 15 is 0 Å². The fourth-order valence-corrected chi connectivity index (χ4v) is 3.30. The molecular weight excluding hydrogens is 410 g/mol. The first-order valence-electron chi connectivity index (χ1n) is 8.04. The minimum atomic E-state index is -3.83. The van der Waals surface area contributed by atoms with Gasteiger partial charge >= 0.3 is 0 Å². The molecule has 150 valence electrons. The van der Waals surface area contributed by atoms with Crippen LogP contribution in [0, 0.1) is 10.1 Å². The van der Waals surface area contributed by atoms with E-state index in [1.54, 1.807) is 24.3 Å². The van der Waals surface area contributed by atoms with E-state index in [-0.39, 0.29) is 24.5 Å². The summed E-state index contributed by atoms with van der Waals surface area (Å²) in [6.45, 7) is -0.270. The zero-order chi connectivity index (χ0) is 20.7. The van der Waals surface area contributed by atoms with Crippen molar-refractivity contribution in [3.63, 3.8) is 0 Å². The van der Waals surface area contributed by atoms with Crippen LogP contribution in [0.3, 0.4) is 0 Å². The minimum Gasteiger partial charge on any atom is -0.490 e. The second kappa shape index (κ2) is 9.38. The SMILES string of the molecule is CS(=O)(=O)N(CC(=O)NCCOc1ccccc1Cl)c1cccc([N+](=O)[O-])c1. The van der Waals surface area contributed by atoms with E-state index in [4.69, 9.17) is 16.3 Å². The average Bonchev–Trinajstić information content (AvgIpc) is 2.63. The van der Waals surface area contributed by atoms with Crippen molar-refractivity contribution in [1.82, 2.24) is 5.32 Å². The van der Waals surface area contributed by atoms with Crippen molar-refractivity contribution in [3.8, 4) is 5.75 Å². The van der Waals surface area contributed by atoms with Gasteiger partial charge in [-0.15, -0.1) is 0 Å². The molecule has 2 aromatic carbocycles. The first-order valence-corrected chi connectivity index (χ1v) is 10.3. The Labute approximate surface area is 167 Å². The molecule has 0 aromatic heterocycles. The fraction of sp³-hybridized carbons (Fsp3) is 0.235. The molecule has 1 N–H and O–H groups in total.